The molecule has 0 radical (unpaired) electrons. The van der Waals surface area contributed by atoms with Crippen molar-refractivity contribution in [3.63, 3.8) is 0 Å². The first kappa shape index (κ1) is 13.2. The Hall–Kier alpha value is -1.23. The number of alkyl halides is 3. The first-order chi connectivity index (χ1) is 8.50. The van der Waals surface area contributed by atoms with Gasteiger partial charge in [0.1, 0.15) is 0 Å². The van der Waals surface area contributed by atoms with E-state index in [0.29, 0.717) is 12.5 Å². The van der Waals surface area contributed by atoms with Gasteiger partial charge in [-0.2, -0.15) is 13.2 Å². The molecule has 1 aliphatic heterocycles. The Morgan fingerprint density at radius 1 is 1.11 bits per heavy atom. The van der Waals surface area contributed by atoms with Crippen molar-refractivity contribution >= 4 is 5.69 Å². The highest BCUT2D eigenvalue weighted by Gasteiger charge is 2.30. The third-order valence-electron chi connectivity index (χ3n) is 3.51. The van der Waals surface area contributed by atoms with Crippen LogP contribution in [0, 0.1) is 5.92 Å². The summed E-state index contributed by atoms with van der Waals surface area (Å²) in [6.07, 6.45) is -2.24. The minimum Gasteiger partial charge on any atom is -0.372 e. The van der Waals surface area contributed by atoms with Crippen molar-refractivity contribution in [2.45, 2.75) is 19.0 Å². The van der Waals surface area contributed by atoms with Gasteiger partial charge in [-0.1, -0.05) is 0 Å². The van der Waals surface area contributed by atoms with Crippen LogP contribution < -0.4 is 10.6 Å². The van der Waals surface area contributed by atoms with Crippen LogP contribution in [0.15, 0.2) is 24.3 Å². The molecule has 1 fully saturated rings. The van der Waals surface area contributed by atoms with E-state index in [2.05, 4.69) is 4.90 Å². The lowest BCUT2D eigenvalue weighted by Gasteiger charge is -2.33. The van der Waals surface area contributed by atoms with Crippen molar-refractivity contribution in [1.29, 1.82) is 0 Å². The van der Waals surface area contributed by atoms with Crippen molar-refractivity contribution in [1.82, 2.24) is 0 Å². The lowest BCUT2D eigenvalue weighted by atomic mass is 9.96. The third-order valence-corrected chi connectivity index (χ3v) is 3.51. The molecule has 0 amide bonds. The molecule has 2 N–H and O–H groups in total. The number of halogens is 3. The Kier molecular flexibility index (Phi) is 3.80. The number of anilines is 1. The summed E-state index contributed by atoms with van der Waals surface area (Å²) in [6, 6.07) is 5.38. The molecule has 0 aromatic heterocycles. The average molecular weight is 258 g/mol. The maximum absolute atomic E-state index is 12.4. The number of nitrogens with zero attached hydrogens (tertiary/aromatic N) is 1. The van der Waals surface area contributed by atoms with E-state index < -0.39 is 11.7 Å². The van der Waals surface area contributed by atoms with Gasteiger partial charge >= 0.3 is 6.18 Å². The van der Waals surface area contributed by atoms with Crippen LogP contribution in [0.2, 0.25) is 0 Å². The molecular formula is C13H17F3N2. The minimum absolute atomic E-state index is 0.552. The van der Waals surface area contributed by atoms with Crippen molar-refractivity contribution in [2.24, 2.45) is 11.7 Å². The van der Waals surface area contributed by atoms with Gasteiger partial charge in [0.25, 0.3) is 0 Å². The Labute approximate surface area is 105 Å². The quantitative estimate of drug-likeness (QED) is 0.883. The largest absolute Gasteiger partial charge is 0.416 e. The zero-order valence-corrected chi connectivity index (χ0v) is 10.1. The van der Waals surface area contributed by atoms with E-state index in [-0.39, 0.29) is 0 Å². The van der Waals surface area contributed by atoms with Gasteiger partial charge in [0.15, 0.2) is 0 Å². The van der Waals surface area contributed by atoms with E-state index in [1.54, 1.807) is 12.1 Å². The van der Waals surface area contributed by atoms with Crippen LogP contribution in [0.5, 0.6) is 0 Å². The third kappa shape index (κ3) is 2.96. The molecule has 0 aliphatic carbocycles. The van der Waals surface area contributed by atoms with E-state index >= 15 is 0 Å². The van der Waals surface area contributed by atoms with Crippen LogP contribution in [-0.2, 0) is 6.18 Å². The summed E-state index contributed by atoms with van der Waals surface area (Å²) in [6.45, 7) is 2.43. The molecule has 0 spiro atoms. The summed E-state index contributed by atoms with van der Waals surface area (Å²) < 4.78 is 37.3. The highest BCUT2D eigenvalue weighted by atomic mass is 19.4. The molecule has 100 valence electrons. The monoisotopic (exact) mass is 258 g/mol. The molecule has 0 bridgehead atoms. The molecule has 0 saturated carbocycles. The number of piperidine rings is 1. The van der Waals surface area contributed by atoms with Gasteiger partial charge in [0.05, 0.1) is 5.56 Å². The molecule has 2 rings (SSSR count). The maximum atomic E-state index is 12.4. The van der Waals surface area contributed by atoms with Gasteiger partial charge in [-0.3, -0.25) is 0 Å². The molecule has 2 nitrogen and oxygen atoms in total. The Morgan fingerprint density at radius 3 is 2.11 bits per heavy atom. The molecule has 18 heavy (non-hydrogen) atoms. The summed E-state index contributed by atoms with van der Waals surface area (Å²) >= 11 is 0. The Balaban J connectivity index is 2.02. The predicted molar refractivity (Wildman–Crippen MR) is 65.4 cm³/mol. The number of rotatable bonds is 2. The first-order valence-electron chi connectivity index (χ1n) is 6.13. The van der Waals surface area contributed by atoms with E-state index in [4.69, 9.17) is 5.73 Å². The SMILES string of the molecule is NCC1CCN(c2ccc(C(F)(F)F)cc2)CC1. The standard InChI is InChI=1S/C13H17F3N2/c14-13(15,16)11-1-3-12(4-2-11)18-7-5-10(9-17)6-8-18/h1-4,10H,5-9,17H2. The topological polar surface area (TPSA) is 29.3 Å². The molecule has 1 aliphatic rings. The van der Waals surface area contributed by atoms with Crippen LogP contribution in [0.25, 0.3) is 0 Å². The number of hydrogen-bond acceptors (Lipinski definition) is 2. The van der Waals surface area contributed by atoms with Gasteiger partial charge in [-0.15, -0.1) is 0 Å². The first-order valence-corrected chi connectivity index (χ1v) is 6.13. The molecule has 0 atom stereocenters. The van der Waals surface area contributed by atoms with Crippen molar-refractivity contribution in [2.75, 3.05) is 24.5 Å². The number of nitrogens with two attached hydrogens (primary N) is 1. The second kappa shape index (κ2) is 5.18. The van der Waals surface area contributed by atoms with Gasteiger partial charge in [-0.25, -0.2) is 0 Å². The normalized spacial score (nSPS) is 18.1. The minimum atomic E-state index is -4.26. The summed E-state index contributed by atoms with van der Waals surface area (Å²) in [7, 11) is 0. The fourth-order valence-electron chi connectivity index (χ4n) is 2.29. The van der Waals surface area contributed by atoms with Gasteiger partial charge in [0.2, 0.25) is 0 Å². The fraction of sp³-hybridized carbons (Fsp3) is 0.538. The zero-order valence-electron chi connectivity index (χ0n) is 10.1. The van der Waals surface area contributed by atoms with Crippen molar-refractivity contribution in [3.05, 3.63) is 29.8 Å². The lowest BCUT2D eigenvalue weighted by Crippen LogP contribution is -2.36. The Bertz CT molecular complexity index is 378. The molecule has 5 heteroatoms. The van der Waals surface area contributed by atoms with Crippen LogP contribution in [0.3, 0.4) is 0 Å². The van der Waals surface area contributed by atoms with Crippen LogP contribution in [-0.4, -0.2) is 19.6 Å². The van der Waals surface area contributed by atoms with E-state index in [0.717, 1.165) is 43.8 Å². The van der Waals surface area contributed by atoms with Gasteiger partial charge < -0.3 is 10.6 Å². The van der Waals surface area contributed by atoms with Crippen molar-refractivity contribution < 1.29 is 13.2 Å². The maximum Gasteiger partial charge on any atom is 0.416 e. The second-order valence-electron chi connectivity index (χ2n) is 4.71. The summed E-state index contributed by atoms with van der Waals surface area (Å²) in [4.78, 5) is 2.12. The van der Waals surface area contributed by atoms with E-state index in [1.807, 2.05) is 0 Å². The summed E-state index contributed by atoms with van der Waals surface area (Å²) in [5.41, 5.74) is 5.88. The second-order valence-corrected chi connectivity index (χ2v) is 4.71. The molecular weight excluding hydrogens is 241 g/mol. The predicted octanol–water partition coefficient (Wildman–Crippen LogP) is 2.88. The number of benzene rings is 1. The van der Waals surface area contributed by atoms with Gasteiger partial charge in [0, 0.05) is 18.8 Å². The highest BCUT2D eigenvalue weighted by Crippen LogP contribution is 2.31. The fourth-order valence-corrected chi connectivity index (χ4v) is 2.29. The lowest BCUT2D eigenvalue weighted by molar-refractivity contribution is -0.137. The average Bonchev–Trinajstić information content (AvgIpc) is 2.38. The van der Waals surface area contributed by atoms with Gasteiger partial charge in [-0.05, 0) is 49.6 Å². The van der Waals surface area contributed by atoms with Crippen LogP contribution in [0.4, 0.5) is 18.9 Å². The molecule has 1 saturated heterocycles. The van der Waals surface area contributed by atoms with E-state index in [1.165, 1.54) is 0 Å². The zero-order chi connectivity index (χ0) is 13.2. The molecule has 1 aromatic rings. The summed E-state index contributed by atoms with van der Waals surface area (Å²) in [5.74, 6) is 0.552. The molecule has 1 heterocycles. The molecule has 0 unspecified atom stereocenters. The highest BCUT2D eigenvalue weighted by molar-refractivity contribution is 5.48. The molecule has 1 aromatic carbocycles. The van der Waals surface area contributed by atoms with Crippen LogP contribution in [0.1, 0.15) is 18.4 Å². The van der Waals surface area contributed by atoms with Crippen LogP contribution >= 0.6 is 0 Å². The van der Waals surface area contributed by atoms with E-state index in [9.17, 15) is 13.2 Å². The number of hydrogen-bond donors (Lipinski definition) is 1. The Morgan fingerprint density at radius 2 is 1.67 bits per heavy atom. The van der Waals surface area contributed by atoms with Crippen molar-refractivity contribution in [3.8, 4) is 0 Å². The summed E-state index contributed by atoms with van der Waals surface area (Å²) in [5, 5.41) is 0. The smallest absolute Gasteiger partial charge is 0.372 e.